The van der Waals surface area contributed by atoms with Crippen LogP contribution >= 0.6 is 0 Å². The average molecular weight is 413 g/mol. The normalized spacial score (nSPS) is 11.7. The number of rotatable bonds is 8. The zero-order chi connectivity index (χ0) is 22.3. The van der Waals surface area contributed by atoms with E-state index in [0.29, 0.717) is 24.3 Å². The van der Waals surface area contributed by atoms with Crippen molar-refractivity contribution in [2.24, 2.45) is 5.92 Å². The molecule has 0 heterocycles. The number of hydrogen-bond acceptors (Lipinski definition) is 3. The van der Waals surface area contributed by atoms with Gasteiger partial charge in [0, 0.05) is 24.3 Å². The molecule has 7 heteroatoms. The zero-order valence-corrected chi connectivity index (χ0v) is 17.7. The molecule has 2 aromatic carbocycles. The summed E-state index contributed by atoms with van der Waals surface area (Å²) in [4.78, 5) is 39.2. The average Bonchev–Trinajstić information content (AvgIpc) is 2.73. The van der Waals surface area contributed by atoms with Crippen molar-refractivity contribution in [3.05, 3.63) is 65.5 Å². The molecule has 160 valence electrons. The Morgan fingerprint density at radius 3 is 2.10 bits per heavy atom. The monoisotopic (exact) mass is 413 g/mol. The second-order valence-electron chi connectivity index (χ2n) is 7.22. The maximum absolute atomic E-state index is 13.9. The van der Waals surface area contributed by atoms with Crippen LogP contribution in [0.1, 0.15) is 48.4 Å². The van der Waals surface area contributed by atoms with E-state index in [2.05, 4.69) is 10.6 Å². The van der Waals surface area contributed by atoms with Crippen LogP contribution in [0.5, 0.6) is 0 Å². The Hall–Kier alpha value is -3.22. The van der Waals surface area contributed by atoms with Crippen LogP contribution < -0.4 is 10.6 Å². The van der Waals surface area contributed by atoms with E-state index in [9.17, 15) is 18.8 Å². The SMILES string of the molecule is CCN(CC)C(=O)c1ccc(NC(=O)[C@@H](NC(=O)c2ccccc2F)C(C)C)cc1. The summed E-state index contributed by atoms with van der Waals surface area (Å²) in [5.74, 6) is -2.01. The first-order valence-electron chi connectivity index (χ1n) is 10.0. The van der Waals surface area contributed by atoms with E-state index >= 15 is 0 Å². The summed E-state index contributed by atoms with van der Waals surface area (Å²) in [6, 6.07) is 11.4. The van der Waals surface area contributed by atoms with Crippen molar-refractivity contribution in [1.29, 1.82) is 0 Å². The molecule has 0 saturated carbocycles. The molecule has 3 amide bonds. The largest absolute Gasteiger partial charge is 0.340 e. The molecule has 30 heavy (non-hydrogen) atoms. The van der Waals surface area contributed by atoms with Crippen LogP contribution in [0.2, 0.25) is 0 Å². The van der Waals surface area contributed by atoms with E-state index in [-0.39, 0.29) is 17.4 Å². The first kappa shape index (κ1) is 23.1. The summed E-state index contributed by atoms with van der Waals surface area (Å²) in [6.07, 6.45) is 0. The van der Waals surface area contributed by atoms with Crippen molar-refractivity contribution < 1.29 is 18.8 Å². The molecule has 2 aromatic rings. The Balaban J connectivity index is 2.09. The molecule has 0 radical (unpaired) electrons. The Morgan fingerprint density at radius 1 is 0.967 bits per heavy atom. The number of anilines is 1. The number of amides is 3. The van der Waals surface area contributed by atoms with Gasteiger partial charge in [0.05, 0.1) is 5.56 Å². The summed E-state index contributed by atoms with van der Waals surface area (Å²) < 4.78 is 13.9. The third-order valence-corrected chi connectivity index (χ3v) is 4.80. The van der Waals surface area contributed by atoms with Crippen LogP contribution in [0.25, 0.3) is 0 Å². The number of halogens is 1. The Labute approximate surface area is 176 Å². The summed E-state index contributed by atoms with van der Waals surface area (Å²) in [6.45, 7) is 8.64. The van der Waals surface area contributed by atoms with Crippen molar-refractivity contribution in [1.82, 2.24) is 10.2 Å². The second kappa shape index (κ2) is 10.5. The standard InChI is InChI=1S/C23H28FN3O3/c1-5-27(6-2)23(30)16-11-13-17(14-12-16)25-22(29)20(15(3)4)26-21(28)18-9-7-8-10-19(18)24/h7-15,20H,5-6H2,1-4H3,(H,25,29)(H,26,28)/t20-/m0/s1. The molecule has 0 bridgehead atoms. The molecule has 0 aromatic heterocycles. The van der Waals surface area contributed by atoms with Crippen molar-refractivity contribution in [2.75, 3.05) is 18.4 Å². The number of carbonyl (C=O) groups excluding carboxylic acids is 3. The summed E-state index contributed by atoms with van der Waals surface area (Å²) >= 11 is 0. The lowest BCUT2D eigenvalue weighted by molar-refractivity contribution is -0.118. The fourth-order valence-electron chi connectivity index (χ4n) is 3.01. The molecule has 0 spiro atoms. The fourth-order valence-corrected chi connectivity index (χ4v) is 3.01. The highest BCUT2D eigenvalue weighted by Crippen LogP contribution is 2.14. The fraction of sp³-hybridized carbons (Fsp3) is 0.348. The van der Waals surface area contributed by atoms with Crippen molar-refractivity contribution >= 4 is 23.4 Å². The van der Waals surface area contributed by atoms with Gasteiger partial charge in [0.2, 0.25) is 5.91 Å². The van der Waals surface area contributed by atoms with E-state index in [1.54, 1.807) is 49.1 Å². The van der Waals surface area contributed by atoms with E-state index in [1.807, 2.05) is 13.8 Å². The topological polar surface area (TPSA) is 78.5 Å². The first-order chi connectivity index (χ1) is 14.3. The second-order valence-corrected chi connectivity index (χ2v) is 7.22. The number of carbonyl (C=O) groups is 3. The predicted molar refractivity (Wildman–Crippen MR) is 115 cm³/mol. The van der Waals surface area contributed by atoms with Gasteiger partial charge in [-0.1, -0.05) is 26.0 Å². The van der Waals surface area contributed by atoms with Crippen LogP contribution in [0, 0.1) is 11.7 Å². The lowest BCUT2D eigenvalue weighted by Gasteiger charge is -2.22. The predicted octanol–water partition coefficient (Wildman–Crippen LogP) is 3.70. The minimum Gasteiger partial charge on any atom is -0.340 e. The van der Waals surface area contributed by atoms with Gasteiger partial charge in [-0.2, -0.15) is 0 Å². The lowest BCUT2D eigenvalue weighted by Crippen LogP contribution is -2.47. The van der Waals surface area contributed by atoms with Crippen molar-refractivity contribution in [3.8, 4) is 0 Å². The number of nitrogens with zero attached hydrogens (tertiary/aromatic N) is 1. The maximum atomic E-state index is 13.9. The smallest absolute Gasteiger partial charge is 0.254 e. The van der Waals surface area contributed by atoms with Gasteiger partial charge in [-0.25, -0.2) is 4.39 Å². The Bertz CT molecular complexity index is 893. The van der Waals surface area contributed by atoms with E-state index in [1.165, 1.54) is 18.2 Å². The van der Waals surface area contributed by atoms with E-state index < -0.39 is 23.7 Å². The molecule has 0 aliphatic heterocycles. The number of benzene rings is 2. The minimum atomic E-state index is -0.853. The van der Waals surface area contributed by atoms with Crippen molar-refractivity contribution in [2.45, 2.75) is 33.7 Å². The van der Waals surface area contributed by atoms with E-state index in [0.717, 1.165) is 0 Å². The zero-order valence-electron chi connectivity index (χ0n) is 17.7. The van der Waals surface area contributed by atoms with Gasteiger partial charge in [-0.15, -0.1) is 0 Å². The Kier molecular flexibility index (Phi) is 8.09. The molecule has 0 aliphatic carbocycles. The van der Waals surface area contributed by atoms with E-state index in [4.69, 9.17) is 0 Å². The maximum Gasteiger partial charge on any atom is 0.254 e. The molecule has 0 fully saturated rings. The van der Waals surface area contributed by atoms with Gasteiger partial charge in [-0.05, 0) is 56.2 Å². The summed E-state index contributed by atoms with van der Waals surface area (Å²) in [7, 11) is 0. The third-order valence-electron chi connectivity index (χ3n) is 4.80. The lowest BCUT2D eigenvalue weighted by atomic mass is 10.0. The first-order valence-corrected chi connectivity index (χ1v) is 10.0. The van der Waals surface area contributed by atoms with Gasteiger partial charge in [0.25, 0.3) is 11.8 Å². The van der Waals surface area contributed by atoms with Gasteiger partial charge in [0.1, 0.15) is 11.9 Å². The highest BCUT2D eigenvalue weighted by molar-refractivity contribution is 6.01. The van der Waals surface area contributed by atoms with Gasteiger partial charge >= 0.3 is 0 Å². The van der Waals surface area contributed by atoms with Crippen LogP contribution in [0.15, 0.2) is 48.5 Å². The van der Waals surface area contributed by atoms with Gasteiger partial charge in [0.15, 0.2) is 0 Å². The molecule has 0 aliphatic rings. The van der Waals surface area contributed by atoms with Crippen LogP contribution in [-0.4, -0.2) is 41.8 Å². The highest BCUT2D eigenvalue weighted by Gasteiger charge is 2.26. The molecule has 2 N–H and O–H groups in total. The molecule has 2 rings (SSSR count). The van der Waals surface area contributed by atoms with Crippen LogP contribution in [0.4, 0.5) is 10.1 Å². The molecular formula is C23H28FN3O3. The van der Waals surface area contributed by atoms with Gasteiger partial charge < -0.3 is 15.5 Å². The number of nitrogens with one attached hydrogen (secondary N) is 2. The molecule has 6 nitrogen and oxygen atoms in total. The van der Waals surface area contributed by atoms with Gasteiger partial charge in [-0.3, -0.25) is 14.4 Å². The minimum absolute atomic E-state index is 0.0740. The quantitative estimate of drug-likeness (QED) is 0.693. The summed E-state index contributed by atoms with van der Waals surface area (Å²) in [5.41, 5.74) is 0.919. The summed E-state index contributed by atoms with van der Waals surface area (Å²) in [5, 5.41) is 5.35. The highest BCUT2D eigenvalue weighted by atomic mass is 19.1. The number of hydrogen-bond donors (Lipinski definition) is 2. The molecule has 0 saturated heterocycles. The van der Waals surface area contributed by atoms with Crippen LogP contribution in [-0.2, 0) is 4.79 Å². The van der Waals surface area contributed by atoms with Crippen molar-refractivity contribution in [3.63, 3.8) is 0 Å². The molecule has 0 unspecified atom stereocenters. The molecular weight excluding hydrogens is 385 g/mol. The Morgan fingerprint density at radius 2 is 1.57 bits per heavy atom. The third kappa shape index (κ3) is 5.65. The van der Waals surface area contributed by atoms with Crippen LogP contribution in [0.3, 0.4) is 0 Å². The molecule has 1 atom stereocenters.